The van der Waals surface area contributed by atoms with Crippen LogP contribution >= 0.6 is 11.3 Å². The molecule has 1 amide bonds. The fourth-order valence-corrected chi connectivity index (χ4v) is 3.91. The van der Waals surface area contributed by atoms with E-state index in [1.807, 2.05) is 12.3 Å². The molecular weight excluding hydrogens is 310 g/mol. The zero-order chi connectivity index (χ0) is 16.4. The summed E-state index contributed by atoms with van der Waals surface area (Å²) < 4.78 is 2.11. The fraction of sp³-hybridized carbons (Fsp3) is 0.562. The number of nitrogens with one attached hydrogen (secondary N) is 1. The second-order valence-electron chi connectivity index (χ2n) is 6.20. The Hall–Kier alpha value is -1.73. The number of hydrogen-bond acceptors (Lipinski definition) is 5. The van der Waals surface area contributed by atoms with E-state index in [1.165, 1.54) is 36.8 Å². The molecule has 6 nitrogen and oxygen atoms in total. The molecule has 0 spiro atoms. The number of anilines is 1. The molecule has 1 aliphatic rings. The van der Waals surface area contributed by atoms with Crippen molar-refractivity contribution in [1.29, 1.82) is 0 Å². The molecule has 23 heavy (non-hydrogen) atoms. The van der Waals surface area contributed by atoms with Crippen molar-refractivity contribution in [2.75, 3.05) is 11.9 Å². The Morgan fingerprint density at radius 2 is 2.30 bits per heavy atom. The minimum Gasteiger partial charge on any atom is -0.302 e. The Balaban J connectivity index is 1.63. The summed E-state index contributed by atoms with van der Waals surface area (Å²) in [6.45, 7) is 8.51. The Labute approximate surface area is 140 Å². The number of nitrogens with zero attached hydrogens (tertiary/aromatic N) is 4. The van der Waals surface area contributed by atoms with Crippen molar-refractivity contribution in [3.63, 3.8) is 0 Å². The summed E-state index contributed by atoms with van der Waals surface area (Å²) in [5, 5.41) is 10.0. The van der Waals surface area contributed by atoms with Crippen LogP contribution in [0.4, 0.5) is 5.13 Å². The molecule has 1 fully saturated rings. The third kappa shape index (κ3) is 3.97. The zero-order valence-electron chi connectivity index (χ0n) is 13.9. The van der Waals surface area contributed by atoms with E-state index < -0.39 is 0 Å². The summed E-state index contributed by atoms with van der Waals surface area (Å²) in [6, 6.07) is 2.62. The first-order chi connectivity index (χ1) is 11.0. The highest BCUT2D eigenvalue weighted by molar-refractivity contribution is 7.13. The van der Waals surface area contributed by atoms with Crippen LogP contribution in [0.2, 0.25) is 0 Å². The van der Waals surface area contributed by atoms with E-state index >= 15 is 0 Å². The van der Waals surface area contributed by atoms with Crippen LogP contribution in [0, 0.1) is 13.8 Å². The highest BCUT2D eigenvalue weighted by atomic mass is 32.1. The van der Waals surface area contributed by atoms with E-state index in [0.29, 0.717) is 11.2 Å². The smallest absolute Gasteiger partial charge is 0.223 e. The second-order valence-corrected chi connectivity index (χ2v) is 7.06. The van der Waals surface area contributed by atoms with Crippen molar-refractivity contribution in [1.82, 2.24) is 19.7 Å². The molecule has 1 aliphatic heterocycles. The monoisotopic (exact) mass is 333 g/mol. The molecule has 0 saturated carbocycles. The molecule has 0 radical (unpaired) electrons. The van der Waals surface area contributed by atoms with Crippen LogP contribution in [0.25, 0.3) is 0 Å². The van der Waals surface area contributed by atoms with Gasteiger partial charge in [0.2, 0.25) is 5.91 Å². The largest absolute Gasteiger partial charge is 0.302 e. The van der Waals surface area contributed by atoms with Gasteiger partial charge in [0.1, 0.15) is 0 Å². The fourth-order valence-electron chi connectivity index (χ4n) is 3.17. The number of aryl methyl sites for hydroxylation is 2. The van der Waals surface area contributed by atoms with Crippen LogP contribution in [0.5, 0.6) is 0 Å². The number of carbonyl (C=O) groups excluding carboxylic acids is 1. The Morgan fingerprint density at radius 3 is 3.00 bits per heavy atom. The van der Waals surface area contributed by atoms with Crippen molar-refractivity contribution in [3.05, 3.63) is 28.5 Å². The number of carbonyl (C=O) groups is 1. The maximum absolute atomic E-state index is 11.1. The summed E-state index contributed by atoms with van der Waals surface area (Å²) in [6.07, 6.45) is 2.41. The molecule has 3 rings (SSSR count). The van der Waals surface area contributed by atoms with Gasteiger partial charge < -0.3 is 5.32 Å². The molecule has 1 saturated heterocycles. The number of rotatable bonds is 5. The van der Waals surface area contributed by atoms with E-state index in [1.54, 1.807) is 0 Å². The number of likely N-dealkylation sites (tertiary alicyclic amines) is 1. The van der Waals surface area contributed by atoms with Gasteiger partial charge in [0.05, 0.1) is 17.9 Å². The minimum absolute atomic E-state index is 0.0746. The van der Waals surface area contributed by atoms with Crippen molar-refractivity contribution >= 4 is 22.4 Å². The average Bonchev–Trinajstić information content (AvgIpc) is 3.14. The van der Waals surface area contributed by atoms with Gasteiger partial charge in [0, 0.05) is 30.6 Å². The van der Waals surface area contributed by atoms with Crippen LogP contribution in [0.1, 0.15) is 36.8 Å². The number of hydrogen-bond donors (Lipinski definition) is 1. The standard InChI is InChI=1S/C16H23N5OS/c1-11-7-12(2)21(19-11)9-15-5-4-6-20(15)8-14-10-23-16(18-14)17-13(3)22/h7,10,15H,4-6,8-9H2,1-3H3,(H,17,18,22)/t15-/m0/s1. The van der Waals surface area contributed by atoms with Gasteiger partial charge in [0.25, 0.3) is 0 Å². The first kappa shape index (κ1) is 16.1. The first-order valence-corrected chi connectivity index (χ1v) is 8.86. The van der Waals surface area contributed by atoms with Gasteiger partial charge in [-0.25, -0.2) is 4.98 Å². The van der Waals surface area contributed by atoms with Crippen molar-refractivity contribution < 1.29 is 4.79 Å². The molecule has 2 aromatic heterocycles. The van der Waals surface area contributed by atoms with Gasteiger partial charge in [-0.2, -0.15) is 5.10 Å². The highest BCUT2D eigenvalue weighted by Gasteiger charge is 2.26. The summed E-state index contributed by atoms with van der Waals surface area (Å²) in [5.74, 6) is -0.0746. The number of amides is 1. The lowest BCUT2D eigenvalue weighted by molar-refractivity contribution is -0.114. The van der Waals surface area contributed by atoms with Gasteiger partial charge in [0.15, 0.2) is 5.13 Å². The molecule has 0 unspecified atom stereocenters. The third-order valence-corrected chi connectivity index (χ3v) is 4.99. The molecule has 0 aromatic carbocycles. The van der Waals surface area contributed by atoms with E-state index in [4.69, 9.17) is 0 Å². The number of aromatic nitrogens is 3. The lowest BCUT2D eigenvalue weighted by Gasteiger charge is -2.24. The number of thiazole rings is 1. The Kier molecular flexibility index (Phi) is 4.77. The van der Waals surface area contributed by atoms with E-state index in [-0.39, 0.29) is 5.91 Å². The van der Waals surface area contributed by atoms with Crippen LogP contribution in [0.15, 0.2) is 11.4 Å². The summed E-state index contributed by atoms with van der Waals surface area (Å²) in [4.78, 5) is 18.1. The SMILES string of the molecule is CC(=O)Nc1nc(CN2CCC[C@H]2Cn2nc(C)cc2C)cs1. The maximum Gasteiger partial charge on any atom is 0.223 e. The lowest BCUT2D eigenvalue weighted by atomic mass is 10.2. The van der Waals surface area contributed by atoms with Crippen LogP contribution in [0.3, 0.4) is 0 Å². The quantitative estimate of drug-likeness (QED) is 0.913. The van der Waals surface area contributed by atoms with Crippen LogP contribution in [-0.2, 0) is 17.9 Å². The van der Waals surface area contributed by atoms with Crippen LogP contribution in [-0.4, -0.2) is 38.2 Å². The van der Waals surface area contributed by atoms with E-state index in [2.05, 4.69) is 38.0 Å². The van der Waals surface area contributed by atoms with Gasteiger partial charge in [-0.15, -0.1) is 11.3 Å². The summed E-state index contributed by atoms with van der Waals surface area (Å²) in [7, 11) is 0. The zero-order valence-corrected chi connectivity index (χ0v) is 14.7. The van der Waals surface area contributed by atoms with Gasteiger partial charge in [-0.1, -0.05) is 0 Å². The summed E-state index contributed by atoms with van der Waals surface area (Å²) in [5.41, 5.74) is 3.32. The molecule has 0 bridgehead atoms. The predicted molar refractivity (Wildman–Crippen MR) is 91.6 cm³/mol. The normalized spacial score (nSPS) is 18.5. The van der Waals surface area contributed by atoms with Crippen LogP contribution < -0.4 is 5.32 Å². The molecule has 1 N–H and O–H groups in total. The molecule has 1 atom stereocenters. The molecular formula is C16H23N5OS. The van der Waals surface area contributed by atoms with Gasteiger partial charge in [-0.05, 0) is 39.3 Å². The molecule has 2 aromatic rings. The Bertz CT molecular complexity index is 692. The predicted octanol–water partition coefficient (Wildman–Crippen LogP) is 2.58. The lowest BCUT2D eigenvalue weighted by Crippen LogP contribution is -2.33. The van der Waals surface area contributed by atoms with Gasteiger partial charge in [-0.3, -0.25) is 14.4 Å². The average molecular weight is 333 g/mol. The minimum atomic E-state index is -0.0746. The third-order valence-electron chi connectivity index (χ3n) is 4.19. The van der Waals surface area contributed by atoms with E-state index in [9.17, 15) is 4.79 Å². The summed E-state index contributed by atoms with van der Waals surface area (Å²) >= 11 is 1.48. The van der Waals surface area contributed by atoms with Crippen molar-refractivity contribution in [2.45, 2.75) is 52.7 Å². The topological polar surface area (TPSA) is 63.1 Å². The van der Waals surface area contributed by atoms with Crippen molar-refractivity contribution in [3.8, 4) is 0 Å². The molecule has 0 aliphatic carbocycles. The molecule has 3 heterocycles. The highest BCUT2D eigenvalue weighted by Crippen LogP contribution is 2.24. The first-order valence-electron chi connectivity index (χ1n) is 7.98. The second kappa shape index (κ2) is 6.80. The maximum atomic E-state index is 11.1. The Morgan fingerprint density at radius 1 is 1.48 bits per heavy atom. The van der Waals surface area contributed by atoms with Crippen molar-refractivity contribution in [2.24, 2.45) is 0 Å². The van der Waals surface area contributed by atoms with E-state index in [0.717, 1.165) is 31.0 Å². The molecule has 7 heteroatoms. The molecule has 124 valence electrons. The van der Waals surface area contributed by atoms with Gasteiger partial charge >= 0.3 is 0 Å².